The molecule has 1 atom stereocenters. The van der Waals surface area contributed by atoms with Crippen LogP contribution in [0.25, 0.3) is 10.8 Å². The Labute approximate surface area is 156 Å². The number of rotatable bonds is 6. The maximum Gasteiger partial charge on any atom is 0.313 e. The van der Waals surface area contributed by atoms with E-state index in [2.05, 4.69) is 0 Å². The lowest BCUT2D eigenvalue weighted by molar-refractivity contribution is -0.384. The van der Waals surface area contributed by atoms with E-state index in [0.717, 1.165) is 16.3 Å². The van der Waals surface area contributed by atoms with Gasteiger partial charge in [0.05, 0.1) is 18.0 Å². The molecule has 0 aliphatic rings. The first-order valence-electron chi connectivity index (χ1n) is 8.47. The number of carbonyl (C=O) groups is 1. The summed E-state index contributed by atoms with van der Waals surface area (Å²) in [7, 11) is 1.57. The predicted octanol–water partition coefficient (Wildman–Crippen LogP) is 4.60. The van der Waals surface area contributed by atoms with Gasteiger partial charge in [0, 0.05) is 17.7 Å². The molecular formula is C21H19NO5. The summed E-state index contributed by atoms with van der Waals surface area (Å²) in [6.45, 7) is 1.83. The summed E-state index contributed by atoms with van der Waals surface area (Å²) in [6.07, 6.45) is 0. The van der Waals surface area contributed by atoms with Crippen LogP contribution < -0.4 is 4.74 Å². The molecule has 27 heavy (non-hydrogen) atoms. The Morgan fingerprint density at radius 1 is 1.07 bits per heavy atom. The van der Waals surface area contributed by atoms with E-state index in [1.165, 1.54) is 12.1 Å². The van der Waals surface area contributed by atoms with Crippen LogP contribution in [0.2, 0.25) is 0 Å². The largest absolute Gasteiger partial charge is 0.496 e. The number of benzene rings is 3. The quantitative estimate of drug-likeness (QED) is 0.362. The first-order valence-corrected chi connectivity index (χ1v) is 8.47. The number of nitro benzene ring substituents is 1. The molecule has 0 saturated carbocycles. The van der Waals surface area contributed by atoms with Crippen LogP contribution in [0.15, 0.2) is 60.7 Å². The summed E-state index contributed by atoms with van der Waals surface area (Å²) in [5.74, 6) is -0.277. The molecule has 0 amide bonds. The molecule has 3 aromatic carbocycles. The van der Waals surface area contributed by atoms with Crippen molar-refractivity contribution in [3.63, 3.8) is 0 Å². The zero-order chi connectivity index (χ0) is 19.4. The van der Waals surface area contributed by atoms with Gasteiger partial charge in [-0.25, -0.2) is 0 Å². The van der Waals surface area contributed by atoms with E-state index in [4.69, 9.17) is 9.47 Å². The first kappa shape index (κ1) is 18.4. The van der Waals surface area contributed by atoms with Crippen LogP contribution in [-0.4, -0.2) is 18.0 Å². The van der Waals surface area contributed by atoms with Gasteiger partial charge in [0.15, 0.2) is 0 Å². The van der Waals surface area contributed by atoms with Crippen molar-refractivity contribution < 1.29 is 19.2 Å². The highest BCUT2D eigenvalue weighted by Crippen LogP contribution is 2.34. The third-order valence-electron chi connectivity index (χ3n) is 4.47. The highest BCUT2D eigenvalue weighted by molar-refractivity contribution is 5.93. The molecule has 0 unspecified atom stereocenters. The minimum Gasteiger partial charge on any atom is -0.496 e. The van der Waals surface area contributed by atoms with Gasteiger partial charge in [0.25, 0.3) is 5.69 Å². The summed E-state index contributed by atoms with van der Waals surface area (Å²) in [5.41, 5.74) is 1.47. The van der Waals surface area contributed by atoms with Crippen molar-refractivity contribution in [2.45, 2.75) is 19.4 Å². The standard InChI is InChI=1S/C21H19NO5/c1-14(20-18-6-4-3-5-16(18)9-12-19(20)26-2)21(23)27-13-15-7-10-17(11-8-15)22(24)25/h3-12,14H,13H2,1-2H3/t14-/m1/s1. The van der Waals surface area contributed by atoms with Gasteiger partial charge in [-0.15, -0.1) is 0 Å². The zero-order valence-corrected chi connectivity index (χ0v) is 15.0. The number of carbonyl (C=O) groups excluding carboxylic acids is 1. The summed E-state index contributed by atoms with van der Waals surface area (Å²) >= 11 is 0. The molecule has 6 nitrogen and oxygen atoms in total. The molecule has 0 aromatic heterocycles. The van der Waals surface area contributed by atoms with Gasteiger partial charge >= 0.3 is 5.97 Å². The second-order valence-electron chi connectivity index (χ2n) is 6.16. The van der Waals surface area contributed by atoms with Crippen LogP contribution in [0, 0.1) is 10.1 Å². The summed E-state index contributed by atoms with van der Waals surface area (Å²) in [4.78, 5) is 22.9. The van der Waals surface area contributed by atoms with Gasteiger partial charge in [0.1, 0.15) is 12.4 Å². The lowest BCUT2D eigenvalue weighted by atomic mass is 9.93. The smallest absolute Gasteiger partial charge is 0.313 e. The van der Waals surface area contributed by atoms with E-state index in [1.807, 2.05) is 36.4 Å². The molecule has 6 heteroatoms. The van der Waals surface area contributed by atoms with E-state index in [1.54, 1.807) is 26.2 Å². The zero-order valence-electron chi connectivity index (χ0n) is 15.0. The number of nitro groups is 1. The molecule has 0 heterocycles. The van der Waals surface area contributed by atoms with Crippen LogP contribution in [0.4, 0.5) is 5.69 Å². The molecule has 3 rings (SSSR count). The number of nitrogens with zero attached hydrogens (tertiary/aromatic N) is 1. The second kappa shape index (κ2) is 7.86. The Bertz CT molecular complexity index is 982. The van der Waals surface area contributed by atoms with Gasteiger partial charge in [-0.3, -0.25) is 14.9 Å². The van der Waals surface area contributed by atoms with Crippen molar-refractivity contribution in [3.05, 3.63) is 81.9 Å². The summed E-state index contributed by atoms with van der Waals surface area (Å²) in [6, 6.07) is 17.5. The first-order chi connectivity index (χ1) is 13.0. The molecule has 0 fully saturated rings. The second-order valence-corrected chi connectivity index (χ2v) is 6.16. The van der Waals surface area contributed by atoms with Crippen molar-refractivity contribution in [2.24, 2.45) is 0 Å². The van der Waals surface area contributed by atoms with Gasteiger partial charge in [-0.1, -0.05) is 30.3 Å². The fraction of sp³-hybridized carbons (Fsp3) is 0.190. The van der Waals surface area contributed by atoms with Crippen LogP contribution in [0.3, 0.4) is 0 Å². The summed E-state index contributed by atoms with van der Waals surface area (Å²) in [5, 5.41) is 12.7. The normalized spacial score (nSPS) is 11.8. The highest BCUT2D eigenvalue weighted by Gasteiger charge is 2.23. The van der Waals surface area contributed by atoms with E-state index in [-0.39, 0.29) is 18.3 Å². The lowest BCUT2D eigenvalue weighted by Crippen LogP contribution is -2.14. The molecule has 0 saturated heterocycles. The number of ether oxygens (including phenoxy) is 2. The number of non-ortho nitro benzene ring substituents is 1. The number of methoxy groups -OCH3 is 1. The molecule has 0 spiro atoms. The predicted molar refractivity (Wildman–Crippen MR) is 102 cm³/mol. The molecule has 138 valence electrons. The third kappa shape index (κ3) is 3.89. The molecule has 0 aliphatic carbocycles. The molecular weight excluding hydrogens is 346 g/mol. The van der Waals surface area contributed by atoms with Crippen LogP contribution in [-0.2, 0) is 16.1 Å². The molecule has 0 N–H and O–H groups in total. The number of hydrogen-bond donors (Lipinski definition) is 0. The average Bonchev–Trinajstić information content (AvgIpc) is 2.70. The SMILES string of the molecule is COc1ccc2ccccc2c1[C@@H](C)C(=O)OCc1ccc([N+](=O)[O-])cc1. The minimum atomic E-state index is -0.524. The minimum absolute atomic E-state index is 0.000985. The van der Waals surface area contributed by atoms with Crippen molar-refractivity contribution in [1.82, 2.24) is 0 Å². The summed E-state index contributed by atoms with van der Waals surface area (Å²) < 4.78 is 10.9. The Balaban J connectivity index is 1.79. The van der Waals surface area contributed by atoms with Gasteiger partial charge in [-0.2, -0.15) is 0 Å². The Kier molecular flexibility index (Phi) is 5.35. The average molecular weight is 365 g/mol. The Hall–Kier alpha value is -3.41. The third-order valence-corrected chi connectivity index (χ3v) is 4.47. The molecule has 0 radical (unpaired) electrons. The van der Waals surface area contributed by atoms with Gasteiger partial charge < -0.3 is 9.47 Å². The van der Waals surface area contributed by atoms with Gasteiger partial charge in [0.2, 0.25) is 0 Å². The topological polar surface area (TPSA) is 78.7 Å². The highest BCUT2D eigenvalue weighted by atomic mass is 16.6. The molecule has 0 bridgehead atoms. The van der Waals surface area contributed by atoms with E-state index >= 15 is 0 Å². The van der Waals surface area contributed by atoms with E-state index in [0.29, 0.717) is 11.3 Å². The molecule has 0 aliphatic heterocycles. The Morgan fingerprint density at radius 2 is 1.78 bits per heavy atom. The van der Waals surface area contributed by atoms with Crippen molar-refractivity contribution in [1.29, 1.82) is 0 Å². The van der Waals surface area contributed by atoms with Gasteiger partial charge in [-0.05, 0) is 41.5 Å². The maximum absolute atomic E-state index is 12.6. The fourth-order valence-corrected chi connectivity index (χ4v) is 3.01. The monoisotopic (exact) mass is 365 g/mol. The van der Waals surface area contributed by atoms with Crippen molar-refractivity contribution >= 4 is 22.4 Å². The molecule has 3 aromatic rings. The lowest BCUT2D eigenvalue weighted by Gasteiger charge is -2.17. The van der Waals surface area contributed by atoms with Crippen molar-refractivity contribution in [2.75, 3.05) is 7.11 Å². The van der Waals surface area contributed by atoms with Crippen LogP contribution >= 0.6 is 0 Å². The Morgan fingerprint density at radius 3 is 2.44 bits per heavy atom. The number of fused-ring (bicyclic) bond motifs is 1. The number of esters is 1. The van der Waals surface area contributed by atoms with Crippen LogP contribution in [0.1, 0.15) is 24.0 Å². The van der Waals surface area contributed by atoms with E-state index < -0.39 is 10.8 Å². The maximum atomic E-state index is 12.6. The van der Waals surface area contributed by atoms with Crippen molar-refractivity contribution in [3.8, 4) is 5.75 Å². The fourth-order valence-electron chi connectivity index (χ4n) is 3.01. The van der Waals surface area contributed by atoms with Crippen LogP contribution in [0.5, 0.6) is 5.75 Å². The van der Waals surface area contributed by atoms with E-state index in [9.17, 15) is 14.9 Å². The number of hydrogen-bond acceptors (Lipinski definition) is 5.